The minimum atomic E-state index is -0.323. The molecule has 4 heteroatoms. The Kier molecular flexibility index (Phi) is 3.58. The van der Waals surface area contributed by atoms with Gasteiger partial charge in [-0.3, -0.25) is 4.98 Å². The molecule has 1 atom stereocenters. The van der Waals surface area contributed by atoms with Gasteiger partial charge in [0.15, 0.2) is 0 Å². The van der Waals surface area contributed by atoms with Gasteiger partial charge in [-0.1, -0.05) is 0 Å². The summed E-state index contributed by atoms with van der Waals surface area (Å²) in [6, 6.07) is 7.69. The Morgan fingerprint density at radius 3 is 2.67 bits per heavy atom. The number of halogens is 1. The van der Waals surface area contributed by atoms with Crippen LogP contribution < -0.4 is 10.5 Å². The fraction of sp³-hybridized carbons (Fsp3) is 0.214. The Morgan fingerprint density at radius 2 is 2.06 bits per heavy atom. The number of nitrogens with zero attached hydrogens (tertiary/aromatic N) is 1. The second-order valence-electron chi connectivity index (χ2n) is 4.21. The number of hydrogen-bond donors (Lipinski definition) is 1. The summed E-state index contributed by atoms with van der Waals surface area (Å²) in [5, 5.41) is 0. The molecule has 0 aliphatic rings. The topological polar surface area (TPSA) is 48.1 Å². The number of aryl methyl sites for hydroxylation is 1. The maximum Gasteiger partial charge on any atom is 0.145 e. The number of hydrogen-bond acceptors (Lipinski definition) is 3. The zero-order valence-corrected chi connectivity index (χ0v) is 10.4. The Balaban J connectivity index is 2.31. The molecule has 18 heavy (non-hydrogen) atoms. The Morgan fingerprint density at radius 1 is 1.28 bits per heavy atom. The molecule has 2 N–H and O–H groups in total. The van der Waals surface area contributed by atoms with Crippen molar-refractivity contribution in [2.45, 2.75) is 19.9 Å². The lowest BCUT2D eigenvalue weighted by atomic mass is 10.1. The molecule has 0 aliphatic heterocycles. The van der Waals surface area contributed by atoms with Gasteiger partial charge in [0.05, 0.1) is 6.20 Å². The van der Waals surface area contributed by atoms with Crippen molar-refractivity contribution in [2.24, 2.45) is 5.73 Å². The molecular weight excluding hydrogens is 231 g/mol. The normalized spacial score (nSPS) is 12.2. The SMILES string of the molecule is Cc1ccc(Oc2ccc(F)cc2[C@@H](C)N)cn1. The predicted octanol–water partition coefficient (Wildman–Crippen LogP) is 3.34. The molecule has 0 aliphatic carbocycles. The monoisotopic (exact) mass is 246 g/mol. The lowest BCUT2D eigenvalue weighted by Crippen LogP contribution is -2.07. The molecule has 0 saturated carbocycles. The van der Waals surface area contributed by atoms with Gasteiger partial charge in [0, 0.05) is 17.3 Å². The lowest BCUT2D eigenvalue weighted by Gasteiger charge is -2.13. The third kappa shape index (κ3) is 2.84. The third-order valence-corrected chi connectivity index (χ3v) is 2.57. The number of ether oxygens (including phenoxy) is 1. The number of pyridine rings is 1. The summed E-state index contributed by atoms with van der Waals surface area (Å²) < 4.78 is 18.8. The van der Waals surface area contributed by atoms with E-state index in [1.165, 1.54) is 12.1 Å². The van der Waals surface area contributed by atoms with Gasteiger partial charge in [-0.15, -0.1) is 0 Å². The molecule has 1 heterocycles. The fourth-order valence-corrected chi connectivity index (χ4v) is 1.61. The Hall–Kier alpha value is -1.94. The fourth-order valence-electron chi connectivity index (χ4n) is 1.61. The van der Waals surface area contributed by atoms with Gasteiger partial charge in [-0.05, 0) is 44.2 Å². The number of rotatable bonds is 3. The molecule has 0 fully saturated rings. The number of aromatic nitrogens is 1. The van der Waals surface area contributed by atoms with E-state index in [9.17, 15) is 4.39 Å². The molecular formula is C14H15FN2O. The van der Waals surface area contributed by atoms with Gasteiger partial charge in [0.1, 0.15) is 17.3 Å². The van der Waals surface area contributed by atoms with Crippen LogP contribution in [0.25, 0.3) is 0 Å². The first-order valence-corrected chi connectivity index (χ1v) is 5.72. The first-order chi connectivity index (χ1) is 8.56. The van der Waals surface area contributed by atoms with Crippen LogP contribution in [-0.4, -0.2) is 4.98 Å². The first kappa shape index (κ1) is 12.5. The van der Waals surface area contributed by atoms with Gasteiger partial charge >= 0.3 is 0 Å². The minimum absolute atomic E-state index is 0.297. The average Bonchev–Trinajstić information content (AvgIpc) is 2.34. The molecule has 2 rings (SSSR count). The second-order valence-corrected chi connectivity index (χ2v) is 4.21. The quantitative estimate of drug-likeness (QED) is 0.903. The van der Waals surface area contributed by atoms with Crippen molar-refractivity contribution in [3.63, 3.8) is 0 Å². The predicted molar refractivity (Wildman–Crippen MR) is 68.1 cm³/mol. The molecule has 94 valence electrons. The molecule has 3 nitrogen and oxygen atoms in total. The highest BCUT2D eigenvalue weighted by Gasteiger charge is 2.10. The van der Waals surface area contributed by atoms with E-state index in [0.29, 0.717) is 17.1 Å². The molecule has 1 aromatic carbocycles. The van der Waals surface area contributed by atoms with E-state index in [4.69, 9.17) is 10.5 Å². The maximum atomic E-state index is 13.2. The highest BCUT2D eigenvalue weighted by Crippen LogP contribution is 2.29. The van der Waals surface area contributed by atoms with Crippen LogP contribution in [0.5, 0.6) is 11.5 Å². The van der Waals surface area contributed by atoms with Gasteiger partial charge in [-0.25, -0.2) is 4.39 Å². The molecule has 1 aromatic heterocycles. The van der Waals surface area contributed by atoms with Gasteiger partial charge in [-0.2, -0.15) is 0 Å². The highest BCUT2D eigenvalue weighted by atomic mass is 19.1. The van der Waals surface area contributed by atoms with Crippen LogP contribution in [0.3, 0.4) is 0 Å². The van der Waals surface area contributed by atoms with Gasteiger partial charge < -0.3 is 10.5 Å². The van der Waals surface area contributed by atoms with Crippen molar-refractivity contribution in [3.8, 4) is 11.5 Å². The second kappa shape index (κ2) is 5.14. The van der Waals surface area contributed by atoms with E-state index >= 15 is 0 Å². The molecule has 0 spiro atoms. The van der Waals surface area contributed by atoms with E-state index < -0.39 is 0 Å². The van der Waals surface area contributed by atoms with E-state index in [0.717, 1.165) is 5.69 Å². The van der Waals surface area contributed by atoms with Crippen molar-refractivity contribution < 1.29 is 9.13 Å². The van der Waals surface area contributed by atoms with Crippen LogP contribution >= 0.6 is 0 Å². The summed E-state index contributed by atoms with van der Waals surface area (Å²) in [6.07, 6.45) is 1.63. The molecule has 0 bridgehead atoms. The first-order valence-electron chi connectivity index (χ1n) is 5.72. The van der Waals surface area contributed by atoms with Gasteiger partial charge in [0.2, 0.25) is 0 Å². The smallest absolute Gasteiger partial charge is 0.145 e. The summed E-state index contributed by atoms with van der Waals surface area (Å²) >= 11 is 0. The van der Waals surface area contributed by atoms with E-state index in [-0.39, 0.29) is 11.9 Å². The van der Waals surface area contributed by atoms with E-state index in [1.54, 1.807) is 19.2 Å². The molecule has 2 aromatic rings. The zero-order valence-electron chi connectivity index (χ0n) is 10.4. The van der Waals surface area contributed by atoms with Crippen molar-refractivity contribution in [1.29, 1.82) is 0 Å². The molecule has 0 unspecified atom stereocenters. The Bertz CT molecular complexity index is 538. The summed E-state index contributed by atoms with van der Waals surface area (Å²) in [4.78, 5) is 4.14. The van der Waals surface area contributed by atoms with E-state index in [2.05, 4.69) is 4.98 Å². The number of nitrogens with two attached hydrogens (primary N) is 1. The summed E-state index contributed by atoms with van der Waals surface area (Å²) in [5.41, 5.74) is 7.34. The molecule has 0 saturated heterocycles. The van der Waals surface area contributed by atoms with Crippen molar-refractivity contribution in [2.75, 3.05) is 0 Å². The largest absolute Gasteiger partial charge is 0.455 e. The Labute approximate surface area is 105 Å². The van der Waals surface area contributed by atoms with Crippen LogP contribution in [0.1, 0.15) is 24.2 Å². The van der Waals surface area contributed by atoms with Crippen molar-refractivity contribution in [1.82, 2.24) is 4.98 Å². The maximum absolute atomic E-state index is 13.2. The third-order valence-electron chi connectivity index (χ3n) is 2.57. The molecule has 0 radical (unpaired) electrons. The van der Waals surface area contributed by atoms with Crippen LogP contribution in [0, 0.1) is 12.7 Å². The lowest BCUT2D eigenvalue weighted by molar-refractivity contribution is 0.467. The summed E-state index contributed by atoms with van der Waals surface area (Å²) in [7, 11) is 0. The zero-order chi connectivity index (χ0) is 13.1. The summed E-state index contributed by atoms with van der Waals surface area (Å²) in [5.74, 6) is 0.836. The van der Waals surface area contributed by atoms with Crippen LogP contribution in [0.4, 0.5) is 4.39 Å². The summed E-state index contributed by atoms with van der Waals surface area (Å²) in [6.45, 7) is 3.68. The van der Waals surface area contributed by atoms with Gasteiger partial charge in [0.25, 0.3) is 0 Å². The van der Waals surface area contributed by atoms with Crippen molar-refractivity contribution >= 4 is 0 Å². The van der Waals surface area contributed by atoms with Crippen LogP contribution in [-0.2, 0) is 0 Å². The molecule has 0 amide bonds. The minimum Gasteiger partial charge on any atom is -0.455 e. The van der Waals surface area contributed by atoms with Crippen molar-refractivity contribution in [3.05, 3.63) is 53.6 Å². The highest BCUT2D eigenvalue weighted by molar-refractivity contribution is 5.39. The average molecular weight is 246 g/mol. The number of benzene rings is 1. The van der Waals surface area contributed by atoms with Crippen LogP contribution in [0.2, 0.25) is 0 Å². The standard InChI is InChI=1S/C14H15FN2O/c1-9-3-5-12(8-17-9)18-14-6-4-11(15)7-13(14)10(2)16/h3-8,10H,16H2,1-2H3/t10-/m1/s1. The van der Waals surface area contributed by atoms with Crippen LogP contribution in [0.15, 0.2) is 36.5 Å². The van der Waals surface area contributed by atoms with E-state index in [1.807, 2.05) is 19.1 Å².